The molecule has 2 aromatic rings. The number of aryl methyl sites for hydroxylation is 1. The summed E-state index contributed by atoms with van der Waals surface area (Å²) in [4.78, 5) is 9.82. The molecule has 0 radical (unpaired) electrons. The fourth-order valence-corrected chi connectivity index (χ4v) is 3.06. The Hall–Kier alpha value is -0.860. The largest absolute Gasteiger partial charge is 0.356 e. The van der Waals surface area contributed by atoms with E-state index in [4.69, 9.17) is 11.6 Å². The molecule has 0 fully saturated rings. The highest BCUT2D eigenvalue weighted by atomic mass is 127. The van der Waals surface area contributed by atoms with Gasteiger partial charge in [-0.25, -0.2) is 4.98 Å². The van der Waals surface area contributed by atoms with Crippen molar-refractivity contribution in [2.24, 2.45) is 4.99 Å². The van der Waals surface area contributed by atoms with Gasteiger partial charge >= 0.3 is 0 Å². The predicted octanol–water partition coefficient (Wildman–Crippen LogP) is 3.67. The van der Waals surface area contributed by atoms with Gasteiger partial charge in [0.15, 0.2) is 5.96 Å². The van der Waals surface area contributed by atoms with Crippen molar-refractivity contribution in [1.82, 2.24) is 15.6 Å². The summed E-state index contributed by atoms with van der Waals surface area (Å²) in [6.07, 6.45) is 3.69. The molecule has 0 saturated heterocycles. The maximum Gasteiger partial charge on any atom is 0.191 e. The Balaban J connectivity index is 0.00000264. The Labute approximate surface area is 163 Å². The molecule has 0 bridgehead atoms. The third-order valence-corrected chi connectivity index (χ3v) is 4.51. The van der Waals surface area contributed by atoms with Crippen molar-refractivity contribution in [3.8, 4) is 0 Å². The van der Waals surface area contributed by atoms with Gasteiger partial charge < -0.3 is 10.6 Å². The fourth-order valence-electron chi connectivity index (χ4n) is 2.04. The molecule has 0 amide bonds. The summed E-state index contributed by atoms with van der Waals surface area (Å²) >= 11 is 7.89. The number of benzene rings is 1. The van der Waals surface area contributed by atoms with E-state index in [0.717, 1.165) is 47.5 Å². The van der Waals surface area contributed by atoms with Crippen molar-refractivity contribution >= 4 is 52.9 Å². The molecule has 2 rings (SSSR count). The van der Waals surface area contributed by atoms with Crippen LogP contribution in [0.5, 0.6) is 0 Å². The van der Waals surface area contributed by atoms with Crippen LogP contribution < -0.4 is 10.6 Å². The maximum atomic E-state index is 6.15. The molecule has 1 aromatic heterocycles. The number of hydrogen-bond acceptors (Lipinski definition) is 3. The van der Waals surface area contributed by atoms with E-state index in [0.29, 0.717) is 0 Å². The van der Waals surface area contributed by atoms with Crippen molar-refractivity contribution in [3.05, 3.63) is 50.9 Å². The van der Waals surface area contributed by atoms with Gasteiger partial charge in [0.1, 0.15) is 0 Å². The second-order valence-corrected chi connectivity index (χ2v) is 6.61. The fraction of sp³-hybridized carbons (Fsp3) is 0.375. The molecule has 4 nitrogen and oxygen atoms in total. The lowest BCUT2D eigenvalue weighted by Gasteiger charge is -2.11. The Morgan fingerprint density at radius 2 is 1.91 bits per heavy atom. The van der Waals surface area contributed by atoms with Crippen LogP contribution in [0.1, 0.15) is 15.4 Å². The average Bonchev–Trinajstić information content (AvgIpc) is 2.93. The van der Waals surface area contributed by atoms with Crippen LogP contribution in [0.3, 0.4) is 0 Å². The zero-order valence-electron chi connectivity index (χ0n) is 13.3. The van der Waals surface area contributed by atoms with Gasteiger partial charge in [0, 0.05) is 42.7 Å². The first-order chi connectivity index (χ1) is 10.7. The lowest BCUT2D eigenvalue weighted by atomic mass is 10.1. The molecule has 1 heterocycles. The molecule has 0 atom stereocenters. The number of rotatable bonds is 6. The van der Waals surface area contributed by atoms with Crippen LogP contribution in [-0.2, 0) is 12.8 Å². The molecule has 126 valence electrons. The van der Waals surface area contributed by atoms with Crippen molar-refractivity contribution in [1.29, 1.82) is 0 Å². The molecule has 1 aromatic carbocycles. The molecular weight excluding hydrogens is 443 g/mol. The van der Waals surface area contributed by atoms with Crippen molar-refractivity contribution < 1.29 is 0 Å². The van der Waals surface area contributed by atoms with Crippen LogP contribution in [0.2, 0.25) is 5.02 Å². The van der Waals surface area contributed by atoms with Gasteiger partial charge in [0.2, 0.25) is 0 Å². The third-order valence-electron chi connectivity index (χ3n) is 3.17. The minimum absolute atomic E-state index is 0. The van der Waals surface area contributed by atoms with Gasteiger partial charge in [-0.2, -0.15) is 0 Å². The summed E-state index contributed by atoms with van der Waals surface area (Å²) in [5.74, 6) is 0.806. The Bertz CT molecular complexity index is 630. The molecule has 0 spiro atoms. The van der Waals surface area contributed by atoms with Crippen LogP contribution in [0.25, 0.3) is 0 Å². The second kappa shape index (κ2) is 10.8. The van der Waals surface area contributed by atoms with Crippen LogP contribution in [0, 0.1) is 6.92 Å². The van der Waals surface area contributed by atoms with E-state index < -0.39 is 0 Å². The van der Waals surface area contributed by atoms with Gasteiger partial charge in [-0.15, -0.1) is 35.3 Å². The van der Waals surface area contributed by atoms with Crippen molar-refractivity contribution in [3.63, 3.8) is 0 Å². The average molecular weight is 465 g/mol. The lowest BCUT2D eigenvalue weighted by molar-refractivity contribution is 0.782. The predicted molar refractivity (Wildman–Crippen MR) is 110 cm³/mol. The Morgan fingerprint density at radius 1 is 1.22 bits per heavy atom. The first-order valence-corrected chi connectivity index (χ1v) is 8.47. The standard InChI is InChI=1S/C16H21ClN4S.HI/c1-12-11-21-15(22-12)8-10-20-16(18-2)19-9-7-13-5-3-4-6-14(13)17;/h3-6,11H,7-10H2,1-2H3,(H2,18,19,20);1H. The van der Waals surface area contributed by atoms with Crippen molar-refractivity contribution in [2.75, 3.05) is 20.1 Å². The molecule has 2 N–H and O–H groups in total. The number of guanidine groups is 1. The van der Waals surface area contributed by atoms with Gasteiger partial charge in [-0.3, -0.25) is 4.99 Å². The summed E-state index contributed by atoms with van der Waals surface area (Å²) in [7, 11) is 1.78. The van der Waals surface area contributed by atoms with Crippen LogP contribution >= 0.6 is 46.9 Å². The first-order valence-electron chi connectivity index (χ1n) is 7.28. The number of nitrogens with zero attached hydrogens (tertiary/aromatic N) is 2. The Kier molecular flexibility index (Phi) is 9.50. The van der Waals surface area contributed by atoms with Crippen LogP contribution in [0.15, 0.2) is 35.5 Å². The molecule has 0 aliphatic carbocycles. The van der Waals surface area contributed by atoms with Gasteiger partial charge in [-0.1, -0.05) is 29.8 Å². The highest BCUT2D eigenvalue weighted by Crippen LogP contribution is 2.14. The molecule has 7 heteroatoms. The quantitative estimate of drug-likeness (QED) is 0.390. The van der Waals surface area contributed by atoms with Gasteiger partial charge in [0.05, 0.1) is 5.01 Å². The molecule has 0 saturated carbocycles. The zero-order valence-corrected chi connectivity index (χ0v) is 17.2. The van der Waals surface area contributed by atoms with E-state index >= 15 is 0 Å². The summed E-state index contributed by atoms with van der Waals surface area (Å²) in [5.41, 5.74) is 1.14. The van der Waals surface area contributed by atoms with Gasteiger partial charge in [-0.05, 0) is 25.0 Å². The van der Waals surface area contributed by atoms with Crippen molar-refractivity contribution in [2.45, 2.75) is 19.8 Å². The highest BCUT2D eigenvalue weighted by molar-refractivity contribution is 14.0. The van der Waals surface area contributed by atoms with Crippen LogP contribution in [0.4, 0.5) is 0 Å². The number of nitrogens with one attached hydrogen (secondary N) is 2. The molecular formula is C16H22ClIN4S. The normalized spacial score (nSPS) is 11.0. The minimum atomic E-state index is 0. The van der Waals surface area contributed by atoms with E-state index in [9.17, 15) is 0 Å². The zero-order chi connectivity index (χ0) is 15.8. The Morgan fingerprint density at radius 3 is 2.52 bits per heavy atom. The summed E-state index contributed by atoms with van der Waals surface area (Å²) < 4.78 is 0. The van der Waals surface area contributed by atoms with Gasteiger partial charge in [0.25, 0.3) is 0 Å². The molecule has 0 unspecified atom stereocenters. The molecule has 23 heavy (non-hydrogen) atoms. The smallest absolute Gasteiger partial charge is 0.191 e. The second-order valence-electron chi connectivity index (χ2n) is 4.88. The SMILES string of the molecule is CN=C(NCCc1ncc(C)s1)NCCc1ccccc1Cl.I. The number of hydrogen-bond donors (Lipinski definition) is 2. The first kappa shape index (κ1) is 20.2. The van der Waals surface area contributed by atoms with Crippen LogP contribution in [-0.4, -0.2) is 31.1 Å². The summed E-state index contributed by atoms with van der Waals surface area (Å²) in [6, 6.07) is 7.91. The van der Waals surface area contributed by atoms with E-state index in [1.54, 1.807) is 18.4 Å². The van der Waals surface area contributed by atoms with E-state index in [1.807, 2.05) is 30.5 Å². The monoisotopic (exact) mass is 464 g/mol. The topological polar surface area (TPSA) is 49.3 Å². The summed E-state index contributed by atoms with van der Waals surface area (Å²) in [5, 5.41) is 8.56. The number of halogens is 2. The number of aromatic nitrogens is 1. The minimum Gasteiger partial charge on any atom is -0.356 e. The number of aliphatic imine (C=N–C) groups is 1. The third kappa shape index (κ3) is 7.05. The van der Waals surface area contributed by atoms with E-state index in [1.165, 1.54) is 4.88 Å². The number of thiazole rings is 1. The maximum absolute atomic E-state index is 6.15. The molecule has 0 aliphatic rings. The highest BCUT2D eigenvalue weighted by Gasteiger charge is 2.02. The summed E-state index contributed by atoms with van der Waals surface area (Å²) in [6.45, 7) is 3.68. The lowest BCUT2D eigenvalue weighted by Crippen LogP contribution is -2.39. The van der Waals surface area contributed by atoms with E-state index in [-0.39, 0.29) is 24.0 Å². The molecule has 0 aliphatic heterocycles. The van der Waals surface area contributed by atoms with E-state index in [2.05, 4.69) is 27.5 Å².